The number of nitrogens with two attached hydrogens (primary N) is 1. The highest BCUT2D eigenvalue weighted by Crippen LogP contribution is 2.38. The van der Waals surface area contributed by atoms with Crippen molar-refractivity contribution in [3.05, 3.63) is 60.8 Å². The molecule has 0 aromatic heterocycles. The highest BCUT2D eigenvalue weighted by atomic mass is 16.7. The summed E-state index contributed by atoms with van der Waals surface area (Å²) in [5.41, 5.74) is 5.91. The van der Waals surface area contributed by atoms with Crippen molar-refractivity contribution in [2.24, 2.45) is 17.6 Å². The maximum Gasteiger partial charge on any atom is 0.311 e. The number of hydrogen-bond donors (Lipinski definition) is 8. The van der Waals surface area contributed by atoms with Crippen molar-refractivity contribution in [3.63, 3.8) is 0 Å². The monoisotopic (exact) mass is 765 g/mol. The van der Waals surface area contributed by atoms with Gasteiger partial charge < -0.3 is 60.4 Å². The van der Waals surface area contributed by atoms with E-state index in [-0.39, 0.29) is 56.8 Å². The zero-order valence-corrected chi connectivity index (χ0v) is 31.0. The Balaban J connectivity index is 1.86. The summed E-state index contributed by atoms with van der Waals surface area (Å²) >= 11 is 0. The molecule has 0 saturated carbocycles. The lowest BCUT2D eigenvalue weighted by Gasteiger charge is -2.44. The van der Waals surface area contributed by atoms with Crippen molar-refractivity contribution in [1.29, 1.82) is 0 Å². The third kappa shape index (κ3) is 14.9. The van der Waals surface area contributed by atoms with Gasteiger partial charge in [0.25, 0.3) is 0 Å². The number of carbonyl (C=O) groups excluding carboxylic acids is 2. The molecule has 2 fully saturated rings. The Morgan fingerprint density at radius 2 is 1.63 bits per heavy atom. The number of cyclic esters (lactones) is 1. The lowest BCUT2D eigenvalue weighted by molar-refractivity contribution is -0.305. The summed E-state index contributed by atoms with van der Waals surface area (Å²) in [6.45, 7) is 3.73. The van der Waals surface area contributed by atoms with Gasteiger partial charge in [-0.05, 0) is 18.8 Å². The lowest BCUT2D eigenvalue weighted by Crippen LogP contribution is -2.59. The van der Waals surface area contributed by atoms with Gasteiger partial charge >= 0.3 is 11.9 Å². The molecule has 3 aliphatic heterocycles. The summed E-state index contributed by atoms with van der Waals surface area (Å²) in [4.78, 5) is 37.5. The average Bonchev–Trinajstić information content (AvgIpc) is 3.08. The molecule has 15 nitrogen and oxygen atoms in total. The van der Waals surface area contributed by atoms with Crippen LogP contribution in [0.15, 0.2) is 60.8 Å². The van der Waals surface area contributed by atoms with Gasteiger partial charge in [0, 0.05) is 38.5 Å². The molecule has 9 N–H and O–H groups in total. The van der Waals surface area contributed by atoms with Crippen molar-refractivity contribution >= 4 is 17.7 Å². The Kier molecular flexibility index (Phi) is 18.8. The molecule has 304 valence electrons. The third-order valence-electron chi connectivity index (χ3n) is 9.90. The van der Waals surface area contributed by atoms with Crippen LogP contribution in [0.2, 0.25) is 0 Å². The van der Waals surface area contributed by atoms with Crippen LogP contribution in [0.4, 0.5) is 0 Å². The van der Waals surface area contributed by atoms with Crippen molar-refractivity contribution in [1.82, 2.24) is 0 Å². The molecule has 3 aliphatic rings. The summed E-state index contributed by atoms with van der Waals surface area (Å²) < 4.78 is 23.0. The van der Waals surface area contributed by atoms with Crippen LogP contribution >= 0.6 is 0 Å². The molecular formula is C39H59NO14. The molecule has 0 spiro atoms. The van der Waals surface area contributed by atoms with Crippen LogP contribution in [-0.4, -0.2) is 127 Å². The van der Waals surface area contributed by atoms with E-state index in [2.05, 4.69) is 0 Å². The predicted octanol–water partition coefficient (Wildman–Crippen LogP) is 1.48. The number of rotatable bonds is 5. The van der Waals surface area contributed by atoms with E-state index >= 15 is 0 Å². The van der Waals surface area contributed by atoms with E-state index in [1.165, 1.54) is 0 Å². The fourth-order valence-electron chi connectivity index (χ4n) is 6.64. The second kappa shape index (κ2) is 22.5. The molecule has 0 aromatic carbocycles. The van der Waals surface area contributed by atoms with Gasteiger partial charge in [0.1, 0.15) is 23.9 Å². The van der Waals surface area contributed by atoms with Crippen LogP contribution in [0.1, 0.15) is 78.1 Å². The summed E-state index contributed by atoms with van der Waals surface area (Å²) in [7, 11) is 0. The van der Waals surface area contributed by atoms with E-state index in [9.17, 15) is 50.1 Å². The van der Waals surface area contributed by atoms with E-state index in [1.54, 1.807) is 48.6 Å². The molecule has 0 radical (unpaired) electrons. The Morgan fingerprint density at radius 1 is 0.963 bits per heavy atom. The number of carbonyl (C=O) groups is 3. The molecule has 0 aromatic rings. The number of esters is 1. The molecule has 0 amide bonds. The van der Waals surface area contributed by atoms with Crippen LogP contribution in [-0.2, 0) is 33.3 Å². The molecule has 3 heterocycles. The maximum absolute atomic E-state index is 12.6. The number of carboxylic acid groups (broad SMARTS) is 1. The fraction of sp³-hybridized carbons (Fsp3) is 0.667. The van der Waals surface area contributed by atoms with E-state index < -0.39 is 97.6 Å². The smallest absolute Gasteiger partial charge is 0.311 e. The van der Waals surface area contributed by atoms with Gasteiger partial charge in [0.15, 0.2) is 12.1 Å². The van der Waals surface area contributed by atoms with Crippen LogP contribution < -0.4 is 5.73 Å². The molecule has 9 unspecified atom stereocenters. The summed E-state index contributed by atoms with van der Waals surface area (Å²) in [6.07, 6.45) is 6.32. The molecule has 2 bridgehead atoms. The number of ketones is 1. The third-order valence-corrected chi connectivity index (χ3v) is 9.90. The van der Waals surface area contributed by atoms with E-state index in [4.69, 9.17) is 24.7 Å². The van der Waals surface area contributed by atoms with Gasteiger partial charge in [-0.3, -0.25) is 14.4 Å². The maximum atomic E-state index is 12.6. The Hall–Kier alpha value is -3.09. The highest BCUT2D eigenvalue weighted by molar-refractivity contribution is 5.80. The molecule has 13 atom stereocenters. The Labute approximate surface area is 316 Å². The van der Waals surface area contributed by atoms with Crippen LogP contribution in [0.3, 0.4) is 0 Å². The van der Waals surface area contributed by atoms with E-state index in [1.807, 2.05) is 26.0 Å². The average molecular weight is 766 g/mol. The lowest BCUT2D eigenvalue weighted by atomic mass is 9.83. The second-order valence-corrected chi connectivity index (χ2v) is 14.5. The number of fused-ring (bicyclic) bond motifs is 2. The molecule has 2 saturated heterocycles. The number of allylic oxidation sites excluding steroid dienone is 8. The van der Waals surface area contributed by atoms with Gasteiger partial charge in [-0.25, -0.2) is 0 Å². The highest BCUT2D eigenvalue weighted by Gasteiger charge is 2.50. The number of carboxylic acids is 1. The number of ether oxygens (including phenoxy) is 4. The second-order valence-electron chi connectivity index (χ2n) is 14.5. The molecule has 15 heteroatoms. The first-order valence-electron chi connectivity index (χ1n) is 18.7. The quantitative estimate of drug-likeness (QED) is 0.185. The van der Waals surface area contributed by atoms with Gasteiger partial charge in [-0.2, -0.15) is 0 Å². The van der Waals surface area contributed by atoms with Crippen LogP contribution in [0, 0.1) is 11.8 Å². The number of aliphatic hydroxyl groups excluding tert-OH is 5. The molecule has 0 aliphatic carbocycles. The minimum atomic E-state index is -2.15. The van der Waals surface area contributed by atoms with Crippen molar-refractivity contribution in [2.45, 2.75) is 145 Å². The van der Waals surface area contributed by atoms with Gasteiger partial charge in [0.2, 0.25) is 0 Å². The summed E-state index contributed by atoms with van der Waals surface area (Å²) in [6, 6.07) is -1.08. The Morgan fingerprint density at radius 3 is 2.30 bits per heavy atom. The fourth-order valence-corrected chi connectivity index (χ4v) is 6.64. The Bertz CT molecular complexity index is 1350. The standard InChI is InChI=1S/C39H59NO14/c1-3-24(2)31-17-12-10-8-6-4-5-7-9-11-16-28(52-38-36(47)35(40)30(45)23-51-38)20-32-34(37(48)49)29(44)22-39(50,54-32)21-26(42)15-13-14-25(41)18-27(43)19-33(46)53-31/h4-12,16,24,26-32,34-36,38,42-45,47,50H,3,13-15,17-23,40H2,1-2H3,(H,48,49)/b5-4+,8-6+,9-7+,12-10+,16-11+/t24?,26?,27?,28?,29?,30-,31?,32?,34?,35+,36+,38+,39?/m1/s1. The topological polar surface area (TPSA) is 256 Å². The summed E-state index contributed by atoms with van der Waals surface area (Å²) in [5, 5.41) is 74.2. The number of Topliss-reactive ketones (excluding diaryl/α,β-unsaturated/α-hetero) is 1. The number of aliphatic hydroxyl groups is 6. The number of aliphatic carboxylic acids is 1. The zero-order valence-electron chi connectivity index (χ0n) is 31.0. The van der Waals surface area contributed by atoms with Crippen LogP contribution in [0.5, 0.6) is 0 Å². The zero-order chi connectivity index (χ0) is 39.8. The van der Waals surface area contributed by atoms with Crippen molar-refractivity contribution in [2.75, 3.05) is 6.61 Å². The largest absolute Gasteiger partial charge is 0.481 e. The first-order chi connectivity index (χ1) is 25.6. The first kappa shape index (κ1) is 45.3. The predicted molar refractivity (Wildman–Crippen MR) is 195 cm³/mol. The minimum Gasteiger partial charge on any atom is -0.481 e. The van der Waals surface area contributed by atoms with Gasteiger partial charge in [-0.1, -0.05) is 81.0 Å². The minimum absolute atomic E-state index is 0.0205. The normalized spacial score (nSPS) is 40.9. The molecular weight excluding hydrogens is 706 g/mol. The SMILES string of the molecule is CCC(C)C1C/C=C/C=C/C=C/C=C/C=C/C(O[C@@H]2OC[C@@H](O)[C@H](N)[C@@H]2O)CC2OC(O)(CC(O)CCCC(=O)CC(O)CC(=O)O1)CC(O)C2C(=O)O. The van der Waals surface area contributed by atoms with Crippen molar-refractivity contribution < 1.29 is 69.1 Å². The van der Waals surface area contributed by atoms with Gasteiger partial charge in [-0.15, -0.1) is 0 Å². The molecule has 54 heavy (non-hydrogen) atoms. The van der Waals surface area contributed by atoms with E-state index in [0.717, 1.165) is 6.42 Å². The van der Waals surface area contributed by atoms with E-state index in [0.29, 0.717) is 6.42 Å². The van der Waals surface area contributed by atoms with Crippen LogP contribution in [0.25, 0.3) is 0 Å². The number of hydrogen-bond acceptors (Lipinski definition) is 14. The molecule has 3 rings (SSSR count). The van der Waals surface area contributed by atoms with Gasteiger partial charge in [0.05, 0.1) is 55.7 Å². The first-order valence-corrected chi connectivity index (χ1v) is 18.7. The van der Waals surface area contributed by atoms with Crippen molar-refractivity contribution in [3.8, 4) is 0 Å². The summed E-state index contributed by atoms with van der Waals surface area (Å²) in [5.74, 6) is -5.91.